The Kier molecular flexibility index (Phi) is 11.2. The van der Waals surface area contributed by atoms with E-state index < -0.39 is 0 Å². The van der Waals surface area contributed by atoms with Gasteiger partial charge in [-0.25, -0.2) is 0 Å². The van der Waals surface area contributed by atoms with Crippen LogP contribution >= 0.6 is 0 Å². The summed E-state index contributed by atoms with van der Waals surface area (Å²) in [5, 5.41) is 6.67. The summed E-state index contributed by atoms with van der Waals surface area (Å²) in [4.78, 5) is 20.1. The second kappa shape index (κ2) is 13.1. The lowest BCUT2D eigenvalue weighted by Crippen LogP contribution is -2.43. The van der Waals surface area contributed by atoms with Gasteiger partial charge in [0.15, 0.2) is 5.96 Å². The molecule has 1 aromatic carbocycles. The van der Waals surface area contributed by atoms with Gasteiger partial charge in [0.1, 0.15) is 0 Å². The van der Waals surface area contributed by atoms with Crippen molar-refractivity contribution in [3.8, 4) is 0 Å². The van der Waals surface area contributed by atoms with E-state index in [2.05, 4.69) is 34.6 Å². The molecule has 0 aliphatic carbocycles. The number of hydrogen-bond donors (Lipinski definition) is 2. The van der Waals surface area contributed by atoms with Crippen molar-refractivity contribution >= 4 is 11.9 Å². The van der Waals surface area contributed by atoms with Crippen molar-refractivity contribution in [2.24, 2.45) is 4.99 Å². The highest BCUT2D eigenvalue weighted by atomic mass is 16.5. The summed E-state index contributed by atoms with van der Waals surface area (Å²) in [6.45, 7) is 5.16. The first kappa shape index (κ1) is 23.9. The van der Waals surface area contributed by atoms with Gasteiger partial charge in [-0.05, 0) is 51.6 Å². The fourth-order valence-corrected chi connectivity index (χ4v) is 2.76. The van der Waals surface area contributed by atoms with Crippen molar-refractivity contribution in [3.05, 3.63) is 35.4 Å². The molecule has 1 amide bonds. The molecule has 0 aromatic heterocycles. The van der Waals surface area contributed by atoms with Crippen LogP contribution in [0.15, 0.2) is 29.3 Å². The Bertz CT molecular complexity index is 617. The Morgan fingerprint density at radius 3 is 2.57 bits per heavy atom. The monoisotopic (exact) mass is 391 g/mol. The molecule has 1 unspecified atom stereocenters. The highest BCUT2D eigenvalue weighted by Gasteiger charge is 2.11. The Labute approximate surface area is 170 Å². The van der Waals surface area contributed by atoms with Gasteiger partial charge in [-0.1, -0.05) is 12.1 Å². The van der Waals surface area contributed by atoms with Crippen molar-refractivity contribution in [3.63, 3.8) is 0 Å². The van der Waals surface area contributed by atoms with E-state index in [1.165, 1.54) is 0 Å². The minimum absolute atomic E-state index is 0.0203. The number of hydrogen-bond acceptors (Lipinski definition) is 4. The smallest absolute Gasteiger partial charge is 0.253 e. The molecule has 0 saturated carbocycles. The van der Waals surface area contributed by atoms with E-state index >= 15 is 0 Å². The van der Waals surface area contributed by atoms with Crippen LogP contribution in [0.5, 0.6) is 0 Å². The molecule has 0 fully saturated rings. The molecule has 0 heterocycles. The Morgan fingerprint density at radius 2 is 1.96 bits per heavy atom. The van der Waals surface area contributed by atoms with Crippen LogP contribution in [0.4, 0.5) is 0 Å². The molecule has 0 aliphatic rings. The number of benzene rings is 1. The minimum Gasteiger partial charge on any atom is -0.377 e. The molecule has 7 nitrogen and oxygen atoms in total. The molecule has 7 heteroatoms. The molecule has 0 spiro atoms. The van der Waals surface area contributed by atoms with E-state index in [0.29, 0.717) is 18.7 Å². The lowest BCUT2D eigenvalue weighted by Gasteiger charge is -2.21. The third-order valence-electron chi connectivity index (χ3n) is 4.31. The highest BCUT2D eigenvalue weighted by Crippen LogP contribution is 2.07. The molecule has 0 aliphatic heterocycles. The molecule has 0 saturated heterocycles. The van der Waals surface area contributed by atoms with Crippen LogP contribution in [0.1, 0.15) is 29.3 Å². The van der Waals surface area contributed by atoms with Crippen LogP contribution in [-0.2, 0) is 11.2 Å². The van der Waals surface area contributed by atoms with Crippen molar-refractivity contribution in [2.45, 2.75) is 25.9 Å². The lowest BCUT2D eigenvalue weighted by atomic mass is 10.1. The van der Waals surface area contributed by atoms with Crippen molar-refractivity contribution in [1.29, 1.82) is 0 Å². The van der Waals surface area contributed by atoms with E-state index in [1.807, 2.05) is 31.2 Å². The van der Waals surface area contributed by atoms with Gasteiger partial charge in [0.2, 0.25) is 0 Å². The van der Waals surface area contributed by atoms with Crippen molar-refractivity contribution < 1.29 is 9.53 Å². The topological polar surface area (TPSA) is 69.2 Å². The molecule has 1 rings (SSSR count). The molecule has 1 aromatic rings. The van der Waals surface area contributed by atoms with Gasteiger partial charge in [-0.2, -0.15) is 0 Å². The van der Waals surface area contributed by atoms with Crippen LogP contribution in [0.3, 0.4) is 0 Å². The quantitative estimate of drug-likeness (QED) is 0.441. The maximum Gasteiger partial charge on any atom is 0.253 e. The predicted octanol–water partition coefficient (Wildman–Crippen LogP) is 1.45. The minimum atomic E-state index is 0.0203. The van der Waals surface area contributed by atoms with Gasteiger partial charge < -0.3 is 25.2 Å². The fourth-order valence-electron chi connectivity index (χ4n) is 2.76. The average Bonchev–Trinajstić information content (AvgIpc) is 2.67. The molecular formula is C21H37N5O2. The summed E-state index contributed by atoms with van der Waals surface area (Å²) in [5.74, 6) is 0.780. The van der Waals surface area contributed by atoms with E-state index in [1.54, 1.807) is 26.0 Å². The SMILES string of the molecule is CCOC(CCN(C)C)CNC(=NC)NCCc1cccc(C(=O)N(C)C)c1. The number of carbonyl (C=O) groups excluding carboxylic acids is 1. The summed E-state index contributed by atoms with van der Waals surface area (Å²) < 4.78 is 5.81. The summed E-state index contributed by atoms with van der Waals surface area (Å²) in [7, 11) is 9.43. The van der Waals surface area contributed by atoms with Gasteiger partial charge in [0.25, 0.3) is 5.91 Å². The average molecular weight is 392 g/mol. The van der Waals surface area contributed by atoms with Crippen LogP contribution in [-0.4, -0.2) is 89.3 Å². The van der Waals surface area contributed by atoms with E-state index in [9.17, 15) is 4.79 Å². The Balaban J connectivity index is 2.47. The second-order valence-corrected chi connectivity index (χ2v) is 7.20. The number of aliphatic imine (C=N–C) groups is 1. The van der Waals surface area contributed by atoms with Gasteiger partial charge in [0, 0.05) is 52.9 Å². The van der Waals surface area contributed by atoms with E-state index in [-0.39, 0.29) is 12.0 Å². The molecular weight excluding hydrogens is 354 g/mol. The molecule has 0 bridgehead atoms. The van der Waals surface area contributed by atoms with Gasteiger partial charge >= 0.3 is 0 Å². The lowest BCUT2D eigenvalue weighted by molar-refractivity contribution is 0.0548. The Morgan fingerprint density at radius 1 is 1.21 bits per heavy atom. The summed E-state index contributed by atoms with van der Waals surface area (Å²) in [6.07, 6.45) is 1.93. The van der Waals surface area contributed by atoms with Crippen LogP contribution in [0, 0.1) is 0 Å². The standard InChI is InChI=1S/C21H37N5O2/c1-7-28-19(12-14-25(3)4)16-24-21(22-2)23-13-11-17-9-8-10-18(15-17)20(27)26(5)6/h8-10,15,19H,7,11-14,16H2,1-6H3,(H2,22,23,24). The maximum absolute atomic E-state index is 12.1. The fraction of sp³-hybridized carbons (Fsp3) is 0.619. The zero-order valence-corrected chi connectivity index (χ0v) is 18.3. The first-order valence-electron chi connectivity index (χ1n) is 9.88. The summed E-state index contributed by atoms with van der Waals surface area (Å²) in [6, 6.07) is 7.77. The zero-order chi connectivity index (χ0) is 20.9. The number of nitrogens with one attached hydrogen (secondary N) is 2. The molecule has 2 N–H and O–H groups in total. The van der Waals surface area contributed by atoms with Crippen molar-refractivity contribution in [2.75, 3.05) is 61.5 Å². The second-order valence-electron chi connectivity index (χ2n) is 7.20. The molecule has 158 valence electrons. The van der Waals surface area contributed by atoms with E-state index in [0.717, 1.165) is 37.5 Å². The zero-order valence-electron chi connectivity index (χ0n) is 18.3. The Hall–Kier alpha value is -2.12. The summed E-state index contributed by atoms with van der Waals surface area (Å²) >= 11 is 0. The van der Waals surface area contributed by atoms with Gasteiger partial charge in [0.05, 0.1) is 6.10 Å². The van der Waals surface area contributed by atoms with Crippen LogP contribution in [0.25, 0.3) is 0 Å². The molecule has 1 atom stereocenters. The number of guanidine groups is 1. The van der Waals surface area contributed by atoms with E-state index in [4.69, 9.17) is 4.74 Å². The highest BCUT2D eigenvalue weighted by molar-refractivity contribution is 5.94. The van der Waals surface area contributed by atoms with Crippen LogP contribution < -0.4 is 10.6 Å². The first-order chi connectivity index (χ1) is 13.4. The predicted molar refractivity (Wildman–Crippen MR) is 116 cm³/mol. The van der Waals surface area contributed by atoms with Gasteiger partial charge in [-0.3, -0.25) is 9.79 Å². The van der Waals surface area contributed by atoms with Crippen molar-refractivity contribution in [1.82, 2.24) is 20.4 Å². The normalized spacial score (nSPS) is 12.8. The number of amides is 1. The maximum atomic E-state index is 12.1. The number of nitrogens with zero attached hydrogens (tertiary/aromatic N) is 3. The first-order valence-corrected chi connectivity index (χ1v) is 9.88. The molecule has 28 heavy (non-hydrogen) atoms. The number of carbonyl (C=O) groups is 1. The van der Waals surface area contributed by atoms with Gasteiger partial charge in [-0.15, -0.1) is 0 Å². The third kappa shape index (κ3) is 9.19. The third-order valence-corrected chi connectivity index (χ3v) is 4.31. The number of rotatable bonds is 11. The number of ether oxygens (including phenoxy) is 1. The molecule has 0 radical (unpaired) electrons. The summed E-state index contributed by atoms with van der Waals surface area (Å²) in [5.41, 5.74) is 1.83. The largest absolute Gasteiger partial charge is 0.377 e. The van der Waals surface area contributed by atoms with Crippen LogP contribution in [0.2, 0.25) is 0 Å².